The van der Waals surface area contributed by atoms with Crippen molar-refractivity contribution >= 4 is 0 Å². The van der Waals surface area contributed by atoms with Crippen LogP contribution in [0.2, 0.25) is 0 Å². The minimum atomic E-state index is 0.0598. The standard InChI is InChI=1S/C14H27NO2/c1-3-4-5-13(15-2)12-6-8-17-14(10-12)7-9-16-11-14/h12-13,15H,3-11H2,1-2H3. The molecule has 2 fully saturated rings. The van der Waals surface area contributed by atoms with Gasteiger partial charge in [-0.15, -0.1) is 0 Å². The summed E-state index contributed by atoms with van der Waals surface area (Å²) >= 11 is 0. The summed E-state index contributed by atoms with van der Waals surface area (Å²) in [6, 6.07) is 0.663. The fraction of sp³-hybridized carbons (Fsp3) is 1.00. The Hall–Kier alpha value is -0.120. The summed E-state index contributed by atoms with van der Waals surface area (Å²) in [4.78, 5) is 0. The van der Waals surface area contributed by atoms with Crippen LogP contribution in [0.25, 0.3) is 0 Å². The molecule has 3 atom stereocenters. The van der Waals surface area contributed by atoms with Gasteiger partial charge in [-0.1, -0.05) is 19.8 Å². The average molecular weight is 241 g/mol. The van der Waals surface area contributed by atoms with E-state index in [1.165, 1.54) is 32.1 Å². The van der Waals surface area contributed by atoms with Gasteiger partial charge in [-0.3, -0.25) is 0 Å². The fourth-order valence-electron chi connectivity index (χ4n) is 3.31. The lowest BCUT2D eigenvalue weighted by Gasteiger charge is -2.40. The maximum atomic E-state index is 6.00. The SMILES string of the molecule is CCCCC(NC)C1CCOC2(CCOC2)C1. The molecule has 2 saturated heterocycles. The number of nitrogens with one attached hydrogen (secondary N) is 1. The minimum absolute atomic E-state index is 0.0598. The highest BCUT2D eigenvalue weighted by Gasteiger charge is 2.42. The lowest BCUT2D eigenvalue weighted by molar-refractivity contribution is -0.103. The van der Waals surface area contributed by atoms with E-state index in [-0.39, 0.29) is 5.60 Å². The first kappa shape index (κ1) is 13.3. The van der Waals surface area contributed by atoms with Crippen molar-refractivity contribution in [1.82, 2.24) is 5.32 Å². The molecule has 2 rings (SSSR count). The minimum Gasteiger partial charge on any atom is -0.378 e. The number of hydrogen-bond acceptors (Lipinski definition) is 3. The van der Waals surface area contributed by atoms with Crippen molar-refractivity contribution in [1.29, 1.82) is 0 Å². The summed E-state index contributed by atoms with van der Waals surface area (Å²) in [7, 11) is 2.10. The average Bonchev–Trinajstić information content (AvgIpc) is 2.78. The van der Waals surface area contributed by atoms with Crippen LogP contribution in [0, 0.1) is 5.92 Å². The van der Waals surface area contributed by atoms with Gasteiger partial charge in [0.15, 0.2) is 0 Å². The van der Waals surface area contributed by atoms with Crippen molar-refractivity contribution in [2.75, 3.05) is 26.9 Å². The lowest BCUT2D eigenvalue weighted by Crippen LogP contribution is -2.46. The Kier molecular flexibility index (Phi) is 4.83. The van der Waals surface area contributed by atoms with Crippen LogP contribution < -0.4 is 5.32 Å². The van der Waals surface area contributed by atoms with E-state index < -0.39 is 0 Å². The van der Waals surface area contributed by atoms with Crippen LogP contribution in [-0.4, -0.2) is 38.5 Å². The highest BCUT2D eigenvalue weighted by molar-refractivity contribution is 4.93. The molecule has 3 heteroatoms. The van der Waals surface area contributed by atoms with Crippen molar-refractivity contribution in [3.63, 3.8) is 0 Å². The molecule has 1 N–H and O–H groups in total. The third-order valence-electron chi connectivity index (χ3n) is 4.41. The molecule has 3 nitrogen and oxygen atoms in total. The topological polar surface area (TPSA) is 30.5 Å². The van der Waals surface area contributed by atoms with Crippen molar-refractivity contribution < 1.29 is 9.47 Å². The van der Waals surface area contributed by atoms with Gasteiger partial charge in [-0.25, -0.2) is 0 Å². The van der Waals surface area contributed by atoms with E-state index in [4.69, 9.17) is 9.47 Å². The molecule has 2 aliphatic rings. The molecule has 2 heterocycles. The second kappa shape index (κ2) is 6.17. The Morgan fingerprint density at radius 1 is 1.41 bits per heavy atom. The number of hydrogen-bond donors (Lipinski definition) is 1. The molecule has 3 unspecified atom stereocenters. The van der Waals surface area contributed by atoms with E-state index in [2.05, 4.69) is 19.3 Å². The highest BCUT2D eigenvalue weighted by atomic mass is 16.6. The van der Waals surface area contributed by atoms with Gasteiger partial charge in [-0.2, -0.15) is 0 Å². The van der Waals surface area contributed by atoms with Gasteiger partial charge >= 0.3 is 0 Å². The second-order valence-electron chi connectivity index (χ2n) is 5.62. The fourth-order valence-corrected chi connectivity index (χ4v) is 3.31. The van der Waals surface area contributed by atoms with Crippen molar-refractivity contribution in [2.45, 2.75) is 57.1 Å². The van der Waals surface area contributed by atoms with Crippen LogP contribution in [0.5, 0.6) is 0 Å². The summed E-state index contributed by atoms with van der Waals surface area (Å²) < 4.78 is 11.5. The van der Waals surface area contributed by atoms with Gasteiger partial charge in [-0.05, 0) is 32.2 Å². The lowest BCUT2D eigenvalue weighted by atomic mass is 9.80. The van der Waals surface area contributed by atoms with Gasteiger partial charge in [0.2, 0.25) is 0 Å². The van der Waals surface area contributed by atoms with Gasteiger partial charge in [0.25, 0.3) is 0 Å². The molecular weight excluding hydrogens is 214 g/mol. The third kappa shape index (κ3) is 3.21. The predicted octanol–water partition coefficient (Wildman–Crippen LogP) is 2.35. The Bertz CT molecular complexity index is 226. The number of unbranched alkanes of at least 4 members (excludes halogenated alkanes) is 1. The van der Waals surface area contributed by atoms with Crippen LogP contribution in [-0.2, 0) is 9.47 Å². The van der Waals surface area contributed by atoms with Gasteiger partial charge in [0.05, 0.1) is 12.2 Å². The van der Waals surface area contributed by atoms with Crippen molar-refractivity contribution in [3.8, 4) is 0 Å². The molecule has 0 bridgehead atoms. The summed E-state index contributed by atoms with van der Waals surface area (Å²) in [6.45, 7) is 4.88. The molecule has 1 spiro atoms. The zero-order valence-corrected chi connectivity index (χ0v) is 11.3. The smallest absolute Gasteiger partial charge is 0.0939 e. The Balaban J connectivity index is 1.90. The molecule has 2 aliphatic heterocycles. The summed E-state index contributed by atoms with van der Waals surface area (Å²) in [5.41, 5.74) is 0.0598. The van der Waals surface area contributed by atoms with Crippen molar-refractivity contribution in [3.05, 3.63) is 0 Å². The Morgan fingerprint density at radius 3 is 2.94 bits per heavy atom. The largest absolute Gasteiger partial charge is 0.378 e. The van der Waals surface area contributed by atoms with E-state index >= 15 is 0 Å². The van der Waals surface area contributed by atoms with E-state index in [0.717, 1.165) is 32.2 Å². The van der Waals surface area contributed by atoms with Gasteiger partial charge in [0, 0.05) is 25.7 Å². The monoisotopic (exact) mass is 241 g/mol. The first-order valence-electron chi connectivity index (χ1n) is 7.18. The second-order valence-corrected chi connectivity index (χ2v) is 5.62. The first-order valence-corrected chi connectivity index (χ1v) is 7.18. The number of ether oxygens (including phenoxy) is 2. The summed E-state index contributed by atoms with van der Waals surface area (Å²) in [5, 5.41) is 3.52. The van der Waals surface area contributed by atoms with Gasteiger partial charge in [0.1, 0.15) is 0 Å². The van der Waals surface area contributed by atoms with Crippen molar-refractivity contribution in [2.24, 2.45) is 5.92 Å². The molecule has 100 valence electrons. The molecule has 0 aromatic carbocycles. The zero-order valence-electron chi connectivity index (χ0n) is 11.3. The van der Waals surface area contributed by atoms with Crippen LogP contribution in [0.4, 0.5) is 0 Å². The maximum absolute atomic E-state index is 6.00. The number of rotatable bonds is 5. The maximum Gasteiger partial charge on any atom is 0.0939 e. The van der Waals surface area contributed by atoms with E-state index in [1.54, 1.807) is 0 Å². The van der Waals surface area contributed by atoms with E-state index in [1.807, 2.05) is 0 Å². The van der Waals surface area contributed by atoms with E-state index in [9.17, 15) is 0 Å². The molecule has 0 aromatic rings. The summed E-state index contributed by atoms with van der Waals surface area (Å²) in [5.74, 6) is 0.766. The normalized spacial score (nSPS) is 35.3. The zero-order chi connectivity index (χ0) is 12.1. The molecule has 0 aromatic heterocycles. The molecule has 0 saturated carbocycles. The highest BCUT2D eigenvalue weighted by Crippen LogP contribution is 2.37. The van der Waals surface area contributed by atoms with Crippen LogP contribution in [0.15, 0.2) is 0 Å². The molecule has 0 radical (unpaired) electrons. The predicted molar refractivity (Wildman–Crippen MR) is 69.2 cm³/mol. The third-order valence-corrected chi connectivity index (χ3v) is 4.41. The molecule has 17 heavy (non-hydrogen) atoms. The Morgan fingerprint density at radius 2 is 2.29 bits per heavy atom. The van der Waals surface area contributed by atoms with E-state index in [0.29, 0.717) is 6.04 Å². The summed E-state index contributed by atoms with van der Waals surface area (Å²) in [6.07, 6.45) is 7.39. The van der Waals surface area contributed by atoms with Crippen LogP contribution in [0.1, 0.15) is 45.4 Å². The van der Waals surface area contributed by atoms with Crippen LogP contribution in [0.3, 0.4) is 0 Å². The Labute approximate surface area is 105 Å². The molecule has 0 amide bonds. The van der Waals surface area contributed by atoms with Gasteiger partial charge < -0.3 is 14.8 Å². The molecular formula is C14H27NO2. The first-order chi connectivity index (χ1) is 8.29. The van der Waals surface area contributed by atoms with Crippen LogP contribution >= 0.6 is 0 Å². The quantitative estimate of drug-likeness (QED) is 0.801. The molecule has 0 aliphatic carbocycles.